The van der Waals surface area contributed by atoms with Gasteiger partial charge >= 0.3 is 6.09 Å². The Balaban J connectivity index is 1.57. The number of carbonyl (C=O) groups is 1. The Morgan fingerprint density at radius 1 is 1.38 bits per heavy atom. The molecule has 1 saturated heterocycles. The molecule has 1 aliphatic rings. The molecule has 1 aromatic heterocycles. The molecule has 0 radical (unpaired) electrons. The van der Waals surface area contributed by atoms with Crippen molar-refractivity contribution in [1.82, 2.24) is 16.0 Å². The minimum atomic E-state index is -0.366. The molecular formula is C15H18N6O3. The van der Waals surface area contributed by atoms with Crippen molar-refractivity contribution in [3.63, 3.8) is 0 Å². The number of hydrogen-bond acceptors (Lipinski definition) is 7. The van der Waals surface area contributed by atoms with E-state index in [1.807, 2.05) is 24.3 Å². The monoisotopic (exact) mass is 330 g/mol. The molecule has 0 aliphatic carbocycles. The number of hydrogen-bond donors (Lipinski definition) is 3. The number of amides is 1. The van der Waals surface area contributed by atoms with Crippen LogP contribution in [0.15, 0.2) is 46.1 Å². The van der Waals surface area contributed by atoms with E-state index in [0.717, 1.165) is 11.4 Å². The van der Waals surface area contributed by atoms with Gasteiger partial charge in [-0.25, -0.2) is 15.2 Å². The van der Waals surface area contributed by atoms with E-state index in [9.17, 15) is 4.79 Å². The average molecular weight is 330 g/mol. The van der Waals surface area contributed by atoms with Crippen LogP contribution in [-0.4, -0.2) is 43.8 Å². The van der Waals surface area contributed by atoms with Crippen molar-refractivity contribution >= 4 is 29.6 Å². The summed E-state index contributed by atoms with van der Waals surface area (Å²) in [5, 5.41) is 6.81. The van der Waals surface area contributed by atoms with Crippen LogP contribution in [-0.2, 0) is 4.74 Å². The molecule has 1 aliphatic heterocycles. The maximum absolute atomic E-state index is 12.0. The first kappa shape index (κ1) is 15.8. The summed E-state index contributed by atoms with van der Waals surface area (Å²) in [6.45, 7) is 0.931. The van der Waals surface area contributed by atoms with E-state index >= 15 is 0 Å². The van der Waals surface area contributed by atoms with Crippen LogP contribution in [0.2, 0.25) is 0 Å². The molecule has 1 amide bonds. The van der Waals surface area contributed by atoms with E-state index in [-0.39, 0.29) is 12.2 Å². The van der Waals surface area contributed by atoms with Gasteiger partial charge in [0.05, 0.1) is 18.8 Å². The number of anilines is 2. The third-order valence-electron chi connectivity index (χ3n) is 3.41. The molecule has 9 nitrogen and oxygen atoms in total. The van der Waals surface area contributed by atoms with Crippen molar-refractivity contribution in [3.05, 3.63) is 36.6 Å². The second-order valence-electron chi connectivity index (χ2n) is 5.05. The van der Waals surface area contributed by atoms with Crippen LogP contribution in [0.5, 0.6) is 0 Å². The minimum absolute atomic E-state index is 0.258. The summed E-state index contributed by atoms with van der Waals surface area (Å²) in [5.74, 6) is 0.613. The Morgan fingerprint density at radius 3 is 2.92 bits per heavy atom. The van der Waals surface area contributed by atoms with Crippen molar-refractivity contribution in [1.29, 1.82) is 0 Å². The number of nitrogens with zero attached hydrogens (tertiary/aromatic N) is 3. The van der Waals surface area contributed by atoms with E-state index in [1.54, 1.807) is 24.4 Å². The van der Waals surface area contributed by atoms with Crippen molar-refractivity contribution in [2.24, 2.45) is 4.99 Å². The summed E-state index contributed by atoms with van der Waals surface area (Å²) in [6, 6.07) is 9.03. The molecule has 1 atom stereocenters. The zero-order valence-electron chi connectivity index (χ0n) is 13.1. The highest BCUT2D eigenvalue weighted by molar-refractivity contribution is 5.90. The molecule has 0 bridgehead atoms. The maximum Gasteiger partial charge on any atom is 0.414 e. The van der Waals surface area contributed by atoms with E-state index in [0.29, 0.717) is 18.9 Å². The number of benzene rings is 1. The molecule has 1 fully saturated rings. The Bertz CT molecular complexity index is 686. The normalized spacial score (nSPS) is 17.3. The summed E-state index contributed by atoms with van der Waals surface area (Å²) in [6.07, 6.45) is 2.40. The van der Waals surface area contributed by atoms with Crippen LogP contribution in [0.1, 0.15) is 0 Å². The lowest BCUT2D eigenvalue weighted by Gasteiger charge is -2.13. The smallest absolute Gasteiger partial charge is 0.414 e. The molecule has 0 unspecified atom stereocenters. The summed E-state index contributed by atoms with van der Waals surface area (Å²) in [5.41, 5.74) is 7.05. The van der Waals surface area contributed by atoms with Gasteiger partial charge in [0.1, 0.15) is 18.7 Å². The first-order valence-corrected chi connectivity index (χ1v) is 7.43. The maximum atomic E-state index is 12.0. The Morgan fingerprint density at radius 2 is 2.21 bits per heavy atom. The molecular weight excluding hydrogens is 312 g/mol. The third kappa shape index (κ3) is 3.82. The Labute approximate surface area is 138 Å². The quantitative estimate of drug-likeness (QED) is 0.401. The standard InChI is InChI=1S/C15H18N6O3/c1-16-19-10-18-11-2-4-12(5-3-11)21-9-13(24-15(21)22)8-17-14-6-7-23-20-14/h2-7,10,13,16H,8-9H2,1H3,(H,17,20)(H,18,19)/t13-/m0/s1. The van der Waals surface area contributed by atoms with E-state index in [1.165, 1.54) is 6.26 Å². The van der Waals surface area contributed by atoms with Crippen LogP contribution in [0.4, 0.5) is 22.0 Å². The summed E-state index contributed by atoms with van der Waals surface area (Å²) in [7, 11) is 1.75. The Kier molecular flexibility index (Phi) is 4.92. The number of cyclic esters (lactones) is 1. The second-order valence-corrected chi connectivity index (χ2v) is 5.05. The fraction of sp³-hybridized carbons (Fsp3) is 0.267. The van der Waals surface area contributed by atoms with Gasteiger partial charge < -0.3 is 20.0 Å². The first-order chi connectivity index (χ1) is 11.8. The Hall–Kier alpha value is -3.07. The highest BCUT2D eigenvalue weighted by atomic mass is 16.6. The van der Waals surface area contributed by atoms with Gasteiger partial charge in [-0.05, 0) is 24.3 Å². The molecule has 24 heavy (non-hydrogen) atoms. The molecule has 3 N–H and O–H groups in total. The summed E-state index contributed by atoms with van der Waals surface area (Å²) in [4.78, 5) is 17.8. The number of aromatic nitrogens is 1. The highest BCUT2D eigenvalue weighted by Gasteiger charge is 2.32. The number of nitrogens with one attached hydrogen (secondary N) is 3. The molecule has 1 aromatic carbocycles. The number of ether oxygens (including phenoxy) is 1. The van der Waals surface area contributed by atoms with Gasteiger partial charge in [-0.3, -0.25) is 4.90 Å². The highest BCUT2D eigenvalue weighted by Crippen LogP contribution is 2.24. The van der Waals surface area contributed by atoms with Crippen LogP contribution >= 0.6 is 0 Å². The van der Waals surface area contributed by atoms with Crippen LogP contribution in [0, 0.1) is 0 Å². The fourth-order valence-corrected chi connectivity index (χ4v) is 2.25. The van der Waals surface area contributed by atoms with Crippen LogP contribution < -0.4 is 21.1 Å². The van der Waals surface area contributed by atoms with Gasteiger partial charge in [-0.1, -0.05) is 5.16 Å². The zero-order chi connectivity index (χ0) is 16.8. The van der Waals surface area contributed by atoms with Crippen LogP contribution in [0.3, 0.4) is 0 Å². The lowest BCUT2D eigenvalue weighted by atomic mass is 10.2. The number of aliphatic imine (C=N–C) groups is 1. The van der Waals surface area contributed by atoms with Crippen molar-refractivity contribution in [2.45, 2.75) is 6.10 Å². The van der Waals surface area contributed by atoms with Crippen molar-refractivity contribution < 1.29 is 14.1 Å². The van der Waals surface area contributed by atoms with Gasteiger partial charge in [-0.2, -0.15) is 0 Å². The predicted molar refractivity (Wildman–Crippen MR) is 89.4 cm³/mol. The van der Waals surface area contributed by atoms with Gasteiger partial charge in [0.25, 0.3) is 0 Å². The van der Waals surface area contributed by atoms with Gasteiger partial charge in [0.2, 0.25) is 0 Å². The van der Waals surface area contributed by atoms with E-state index in [4.69, 9.17) is 9.26 Å². The topological polar surface area (TPSA) is 104 Å². The zero-order valence-corrected chi connectivity index (χ0v) is 13.1. The van der Waals surface area contributed by atoms with E-state index < -0.39 is 0 Å². The minimum Gasteiger partial charge on any atom is -0.442 e. The summed E-state index contributed by atoms with van der Waals surface area (Å²) < 4.78 is 10.1. The van der Waals surface area contributed by atoms with Gasteiger partial charge in [0, 0.05) is 18.8 Å². The van der Waals surface area contributed by atoms with Gasteiger partial charge in [-0.15, -0.1) is 0 Å². The predicted octanol–water partition coefficient (Wildman–Crippen LogP) is 1.50. The molecule has 0 spiro atoms. The van der Waals surface area contributed by atoms with Crippen LogP contribution in [0.25, 0.3) is 0 Å². The van der Waals surface area contributed by atoms with Crippen molar-refractivity contribution in [3.8, 4) is 0 Å². The van der Waals surface area contributed by atoms with E-state index in [2.05, 4.69) is 26.3 Å². The first-order valence-electron chi connectivity index (χ1n) is 7.43. The summed E-state index contributed by atoms with van der Waals surface area (Å²) >= 11 is 0. The number of rotatable bonds is 7. The van der Waals surface area contributed by atoms with Gasteiger partial charge in [0.15, 0.2) is 5.82 Å². The second kappa shape index (κ2) is 7.47. The average Bonchev–Trinajstić information content (AvgIpc) is 3.23. The third-order valence-corrected chi connectivity index (χ3v) is 3.41. The molecule has 9 heteroatoms. The van der Waals surface area contributed by atoms with Crippen molar-refractivity contribution in [2.75, 3.05) is 30.4 Å². The largest absolute Gasteiger partial charge is 0.442 e. The lowest BCUT2D eigenvalue weighted by molar-refractivity contribution is 0.147. The molecule has 126 valence electrons. The molecule has 3 rings (SSSR count). The fourth-order valence-electron chi connectivity index (χ4n) is 2.25. The molecule has 2 aromatic rings. The molecule has 0 saturated carbocycles. The number of hydrazine groups is 1. The molecule has 2 heterocycles. The lowest BCUT2D eigenvalue weighted by Crippen LogP contribution is -2.27. The number of carbonyl (C=O) groups excluding carboxylic acids is 1. The SMILES string of the molecule is CNNC=Nc1ccc(N2C[C@H](CNc3ccon3)OC2=O)cc1.